The number of benzene rings is 2. The zero-order valence-electron chi connectivity index (χ0n) is 15.0. The largest absolute Gasteiger partial charge is 0.496 e. The lowest BCUT2D eigenvalue weighted by Crippen LogP contribution is -2.54. The number of carbonyl (C=O) groups excluding carboxylic acids is 1. The molecule has 2 fully saturated rings. The number of anilines is 1. The predicted octanol–water partition coefficient (Wildman–Crippen LogP) is 4.15. The number of piperidine rings is 1. The fourth-order valence-corrected chi connectivity index (χ4v) is 3.75. The van der Waals surface area contributed by atoms with E-state index < -0.39 is 0 Å². The fourth-order valence-electron chi connectivity index (χ4n) is 3.75. The number of nitrogens with one attached hydrogen (secondary N) is 1. The molecule has 0 radical (unpaired) electrons. The monoisotopic (exact) mass is 352 g/mol. The van der Waals surface area contributed by atoms with Crippen LogP contribution in [0.15, 0.2) is 48.5 Å². The lowest BCUT2D eigenvalue weighted by atomic mass is 9.84. The predicted molar refractivity (Wildman–Crippen MR) is 102 cm³/mol. The average molecular weight is 352 g/mol. The van der Waals surface area contributed by atoms with Crippen molar-refractivity contribution >= 4 is 11.7 Å². The van der Waals surface area contributed by atoms with Gasteiger partial charge in [-0.05, 0) is 43.0 Å². The Hall–Kier alpha value is -2.53. The minimum absolute atomic E-state index is 0.0450. The molecular weight excluding hydrogens is 328 g/mol. The number of urea groups is 1. The molecule has 1 N–H and O–H groups in total. The molecule has 0 atom stereocenters. The maximum Gasteiger partial charge on any atom is 0.321 e. The summed E-state index contributed by atoms with van der Waals surface area (Å²) < 4.78 is 11.2. The molecular formula is C21H24N2O3. The zero-order chi connectivity index (χ0) is 18.0. The first-order valence-electron chi connectivity index (χ1n) is 9.12. The summed E-state index contributed by atoms with van der Waals surface area (Å²) in [5, 5.41) is 3.03. The van der Waals surface area contributed by atoms with Crippen molar-refractivity contribution in [3.63, 3.8) is 0 Å². The van der Waals surface area contributed by atoms with Gasteiger partial charge < -0.3 is 19.7 Å². The van der Waals surface area contributed by atoms with Gasteiger partial charge in [0, 0.05) is 24.3 Å². The summed E-state index contributed by atoms with van der Waals surface area (Å²) in [5.74, 6) is 0.817. The summed E-state index contributed by atoms with van der Waals surface area (Å²) in [6.07, 6.45) is 2.99. The molecule has 0 unspecified atom stereocenters. The van der Waals surface area contributed by atoms with Crippen LogP contribution in [-0.4, -0.2) is 43.3 Å². The number of likely N-dealkylation sites (tertiary alicyclic amines) is 1. The molecule has 2 aromatic carbocycles. The van der Waals surface area contributed by atoms with E-state index in [2.05, 4.69) is 5.32 Å². The molecule has 5 nitrogen and oxygen atoms in total. The summed E-state index contributed by atoms with van der Waals surface area (Å²) >= 11 is 0. The normalized spacial score (nSPS) is 18.3. The molecule has 2 aliphatic heterocycles. The molecule has 2 aliphatic rings. The van der Waals surface area contributed by atoms with E-state index in [1.54, 1.807) is 7.11 Å². The second-order valence-corrected chi connectivity index (χ2v) is 6.98. The molecule has 2 amide bonds. The van der Waals surface area contributed by atoms with Crippen molar-refractivity contribution in [3.05, 3.63) is 48.5 Å². The topological polar surface area (TPSA) is 50.8 Å². The van der Waals surface area contributed by atoms with Crippen molar-refractivity contribution in [1.82, 2.24) is 4.90 Å². The number of methoxy groups -OCH3 is 1. The number of para-hydroxylation sites is 1. The number of rotatable bonds is 3. The zero-order valence-corrected chi connectivity index (χ0v) is 15.0. The van der Waals surface area contributed by atoms with E-state index in [1.165, 1.54) is 0 Å². The smallest absolute Gasteiger partial charge is 0.321 e. The SMILES string of the molecule is COc1ccccc1-c1cccc(NC(=O)N2CCC3(CCO3)CC2)c1. The van der Waals surface area contributed by atoms with Crippen molar-refractivity contribution in [2.75, 3.05) is 32.1 Å². The molecule has 4 rings (SSSR count). The van der Waals surface area contributed by atoms with E-state index in [4.69, 9.17) is 9.47 Å². The van der Waals surface area contributed by atoms with Gasteiger partial charge in [0.05, 0.1) is 19.3 Å². The summed E-state index contributed by atoms with van der Waals surface area (Å²) in [5.41, 5.74) is 2.87. The number of amides is 2. The fraction of sp³-hybridized carbons (Fsp3) is 0.381. The maximum atomic E-state index is 12.6. The Morgan fingerprint density at radius 3 is 2.58 bits per heavy atom. The molecule has 0 aliphatic carbocycles. The molecule has 0 saturated carbocycles. The van der Waals surface area contributed by atoms with Crippen LogP contribution in [0.2, 0.25) is 0 Å². The minimum atomic E-state index is -0.0450. The standard InChI is InChI=1S/C21H24N2O3/c1-25-19-8-3-2-7-18(19)16-5-4-6-17(15-16)22-20(24)23-12-9-21(10-13-23)11-14-26-21/h2-8,15H,9-14H2,1H3,(H,22,24). The van der Waals surface area contributed by atoms with Crippen LogP contribution in [-0.2, 0) is 4.74 Å². The number of carbonyl (C=O) groups is 1. The molecule has 5 heteroatoms. The molecule has 0 bridgehead atoms. The van der Waals surface area contributed by atoms with Crippen LogP contribution in [0, 0.1) is 0 Å². The van der Waals surface area contributed by atoms with Crippen LogP contribution in [0.5, 0.6) is 5.75 Å². The van der Waals surface area contributed by atoms with Gasteiger partial charge in [-0.1, -0.05) is 30.3 Å². The van der Waals surface area contributed by atoms with Gasteiger partial charge in [0.1, 0.15) is 5.75 Å². The molecule has 2 saturated heterocycles. The van der Waals surface area contributed by atoms with Crippen LogP contribution in [0.4, 0.5) is 10.5 Å². The van der Waals surface area contributed by atoms with Crippen LogP contribution >= 0.6 is 0 Å². The summed E-state index contributed by atoms with van der Waals surface area (Å²) in [4.78, 5) is 14.5. The van der Waals surface area contributed by atoms with Crippen molar-refractivity contribution in [1.29, 1.82) is 0 Å². The van der Waals surface area contributed by atoms with Crippen LogP contribution < -0.4 is 10.1 Å². The Morgan fingerprint density at radius 1 is 1.12 bits per heavy atom. The Balaban J connectivity index is 1.44. The average Bonchev–Trinajstić information content (AvgIpc) is 2.67. The van der Waals surface area contributed by atoms with Gasteiger partial charge in [0.2, 0.25) is 0 Å². The van der Waals surface area contributed by atoms with Gasteiger partial charge in [-0.25, -0.2) is 4.79 Å². The van der Waals surface area contributed by atoms with Crippen LogP contribution in [0.25, 0.3) is 11.1 Å². The number of nitrogens with zero attached hydrogens (tertiary/aromatic N) is 1. The second-order valence-electron chi connectivity index (χ2n) is 6.98. The second kappa shape index (κ2) is 7.00. The van der Waals surface area contributed by atoms with Crippen molar-refractivity contribution < 1.29 is 14.3 Å². The lowest BCUT2D eigenvalue weighted by molar-refractivity contribution is -0.168. The van der Waals surface area contributed by atoms with Crippen LogP contribution in [0.3, 0.4) is 0 Å². The van der Waals surface area contributed by atoms with E-state index >= 15 is 0 Å². The third-order valence-corrected chi connectivity index (χ3v) is 5.46. The minimum Gasteiger partial charge on any atom is -0.496 e. The highest BCUT2D eigenvalue weighted by atomic mass is 16.5. The van der Waals surface area contributed by atoms with Crippen molar-refractivity contribution in [3.8, 4) is 16.9 Å². The Morgan fingerprint density at radius 2 is 1.88 bits per heavy atom. The summed E-state index contributed by atoms with van der Waals surface area (Å²) in [7, 11) is 1.67. The highest BCUT2D eigenvalue weighted by molar-refractivity contribution is 5.90. The summed E-state index contributed by atoms with van der Waals surface area (Å²) in [6.45, 7) is 2.36. The first kappa shape index (κ1) is 16.9. The third kappa shape index (κ3) is 3.27. The highest BCUT2D eigenvalue weighted by Crippen LogP contribution is 2.37. The van der Waals surface area contributed by atoms with E-state index in [9.17, 15) is 4.79 Å². The molecule has 136 valence electrons. The molecule has 2 aromatic rings. The quantitative estimate of drug-likeness (QED) is 0.903. The van der Waals surface area contributed by atoms with Gasteiger partial charge in [-0.15, -0.1) is 0 Å². The number of ether oxygens (including phenoxy) is 2. The Bertz CT molecular complexity index is 791. The highest BCUT2D eigenvalue weighted by Gasteiger charge is 2.41. The van der Waals surface area contributed by atoms with Gasteiger partial charge in [0.15, 0.2) is 0 Å². The van der Waals surface area contributed by atoms with Gasteiger partial charge in [-0.3, -0.25) is 0 Å². The third-order valence-electron chi connectivity index (χ3n) is 5.46. The van der Waals surface area contributed by atoms with E-state index in [1.807, 2.05) is 53.4 Å². The molecule has 26 heavy (non-hydrogen) atoms. The number of hydrogen-bond acceptors (Lipinski definition) is 3. The lowest BCUT2D eigenvalue weighted by Gasteiger charge is -2.47. The first-order valence-corrected chi connectivity index (χ1v) is 9.12. The van der Waals surface area contributed by atoms with Gasteiger partial charge in [-0.2, -0.15) is 0 Å². The Labute approximate surface area is 153 Å². The molecule has 1 spiro atoms. The van der Waals surface area contributed by atoms with E-state index in [0.29, 0.717) is 0 Å². The number of hydrogen-bond donors (Lipinski definition) is 1. The van der Waals surface area contributed by atoms with Gasteiger partial charge >= 0.3 is 6.03 Å². The molecule has 2 heterocycles. The van der Waals surface area contributed by atoms with Gasteiger partial charge in [0.25, 0.3) is 0 Å². The first-order chi connectivity index (χ1) is 12.7. The van der Waals surface area contributed by atoms with E-state index in [0.717, 1.165) is 61.5 Å². The summed E-state index contributed by atoms with van der Waals surface area (Å²) in [6, 6.07) is 15.7. The molecule has 0 aromatic heterocycles. The Kier molecular flexibility index (Phi) is 4.55. The van der Waals surface area contributed by atoms with Crippen molar-refractivity contribution in [2.45, 2.75) is 24.9 Å². The van der Waals surface area contributed by atoms with Crippen molar-refractivity contribution in [2.24, 2.45) is 0 Å². The van der Waals surface area contributed by atoms with Crippen LogP contribution in [0.1, 0.15) is 19.3 Å². The maximum absolute atomic E-state index is 12.6. The van der Waals surface area contributed by atoms with E-state index in [-0.39, 0.29) is 11.6 Å².